The van der Waals surface area contributed by atoms with Gasteiger partial charge in [0.25, 0.3) is 0 Å². The predicted molar refractivity (Wildman–Crippen MR) is 51.6 cm³/mol. The van der Waals surface area contributed by atoms with Gasteiger partial charge < -0.3 is 4.74 Å². The second-order valence-corrected chi connectivity index (χ2v) is 5.41. The average molecular weight is 172 g/mol. The van der Waals surface area contributed by atoms with E-state index in [0.29, 0.717) is 0 Å². The van der Waals surface area contributed by atoms with Crippen molar-refractivity contribution in [2.75, 3.05) is 13.2 Å². The minimum atomic E-state index is 0.818. The second-order valence-electron chi connectivity index (χ2n) is 3.36. The molecule has 1 rings (SSSR count). The Bertz CT molecular complexity index is 161. The Hall–Kier alpha value is 0.130. The van der Waals surface area contributed by atoms with Crippen LogP contribution < -0.4 is 0 Å². The van der Waals surface area contributed by atoms with Gasteiger partial charge in [0.2, 0.25) is 0 Å². The lowest BCUT2D eigenvalue weighted by molar-refractivity contribution is 0.149. The summed E-state index contributed by atoms with van der Waals surface area (Å²) in [5.41, 5.74) is 2.29. The minimum absolute atomic E-state index is 0.818. The number of ether oxygens (including phenoxy) is 1. The van der Waals surface area contributed by atoms with E-state index in [1.54, 1.807) is 5.31 Å². The smallest absolute Gasteiger partial charge is 0.0680 e. The molecule has 64 valence electrons. The van der Waals surface area contributed by atoms with Crippen LogP contribution in [0.2, 0.25) is 0 Å². The van der Waals surface area contributed by atoms with Crippen molar-refractivity contribution in [3.05, 3.63) is 10.9 Å². The number of hydrogen-bond acceptors (Lipinski definition) is 1. The molecule has 0 fully saturated rings. The summed E-state index contributed by atoms with van der Waals surface area (Å²) in [4.78, 5) is 0. The van der Waals surface area contributed by atoms with Gasteiger partial charge in [-0.3, -0.25) is 0 Å². The highest BCUT2D eigenvalue weighted by Crippen LogP contribution is 2.35. The van der Waals surface area contributed by atoms with E-state index in [-0.39, 0.29) is 0 Å². The summed E-state index contributed by atoms with van der Waals surface area (Å²) in [6, 6.07) is 0. The first kappa shape index (κ1) is 9.22. The summed E-state index contributed by atoms with van der Waals surface area (Å²) in [7, 11) is 1.02. The SMILES string of the molecule is CC1=C(PC(C)C)CCOC1. The van der Waals surface area contributed by atoms with Crippen molar-refractivity contribution in [2.24, 2.45) is 0 Å². The topological polar surface area (TPSA) is 9.23 Å². The van der Waals surface area contributed by atoms with Gasteiger partial charge in [0.1, 0.15) is 0 Å². The first-order chi connectivity index (χ1) is 5.20. The molecule has 1 heterocycles. The van der Waals surface area contributed by atoms with Crippen molar-refractivity contribution >= 4 is 8.58 Å². The van der Waals surface area contributed by atoms with Gasteiger partial charge in [-0.15, -0.1) is 0 Å². The Balaban J connectivity index is 2.52. The van der Waals surface area contributed by atoms with E-state index < -0.39 is 0 Å². The van der Waals surface area contributed by atoms with Crippen LogP contribution >= 0.6 is 8.58 Å². The first-order valence-electron chi connectivity index (χ1n) is 4.23. The summed E-state index contributed by atoms with van der Waals surface area (Å²) in [5.74, 6) is 0. The van der Waals surface area contributed by atoms with Crippen LogP contribution in [0.1, 0.15) is 27.2 Å². The normalized spacial score (nSPS) is 20.7. The standard InChI is InChI=1S/C9H17OP/c1-7(2)11-9-4-5-10-6-8(9)3/h7,11H,4-6H2,1-3H3. The van der Waals surface area contributed by atoms with Gasteiger partial charge in [-0.05, 0) is 29.9 Å². The average Bonchev–Trinajstić information content (AvgIpc) is 1.93. The van der Waals surface area contributed by atoms with E-state index >= 15 is 0 Å². The fourth-order valence-electron chi connectivity index (χ4n) is 1.24. The molecule has 1 unspecified atom stereocenters. The third-order valence-electron chi connectivity index (χ3n) is 1.79. The first-order valence-corrected chi connectivity index (χ1v) is 5.31. The van der Waals surface area contributed by atoms with Crippen molar-refractivity contribution in [1.29, 1.82) is 0 Å². The van der Waals surface area contributed by atoms with Gasteiger partial charge in [-0.2, -0.15) is 0 Å². The van der Waals surface area contributed by atoms with Gasteiger partial charge in [0.15, 0.2) is 0 Å². The monoisotopic (exact) mass is 172 g/mol. The van der Waals surface area contributed by atoms with Crippen LogP contribution in [0.5, 0.6) is 0 Å². The fourth-order valence-corrected chi connectivity index (χ4v) is 2.51. The van der Waals surface area contributed by atoms with Crippen molar-refractivity contribution in [1.82, 2.24) is 0 Å². The van der Waals surface area contributed by atoms with Crippen LogP contribution in [-0.2, 0) is 4.74 Å². The van der Waals surface area contributed by atoms with Crippen molar-refractivity contribution in [3.63, 3.8) is 0 Å². The van der Waals surface area contributed by atoms with E-state index in [1.807, 2.05) is 0 Å². The maximum atomic E-state index is 5.34. The molecule has 1 aliphatic rings. The van der Waals surface area contributed by atoms with Gasteiger partial charge in [0.05, 0.1) is 13.2 Å². The lowest BCUT2D eigenvalue weighted by Crippen LogP contribution is -2.07. The van der Waals surface area contributed by atoms with Gasteiger partial charge in [0, 0.05) is 0 Å². The molecule has 0 saturated carbocycles. The Morgan fingerprint density at radius 1 is 1.45 bits per heavy atom. The quantitative estimate of drug-likeness (QED) is 0.582. The molecular weight excluding hydrogens is 155 g/mol. The van der Waals surface area contributed by atoms with E-state index in [2.05, 4.69) is 20.8 Å². The van der Waals surface area contributed by atoms with Crippen LogP contribution in [0, 0.1) is 0 Å². The summed E-state index contributed by atoms with van der Waals surface area (Å²) in [6.45, 7) is 8.58. The van der Waals surface area contributed by atoms with Gasteiger partial charge in [-0.1, -0.05) is 22.4 Å². The second kappa shape index (κ2) is 4.23. The molecule has 1 atom stereocenters. The summed E-state index contributed by atoms with van der Waals surface area (Å²) < 4.78 is 5.34. The van der Waals surface area contributed by atoms with Crippen molar-refractivity contribution < 1.29 is 4.74 Å². The molecular formula is C9H17OP. The third-order valence-corrected chi connectivity index (χ3v) is 3.40. The molecule has 1 nitrogen and oxygen atoms in total. The molecule has 0 N–H and O–H groups in total. The summed E-state index contributed by atoms with van der Waals surface area (Å²) >= 11 is 0. The largest absolute Gasteiger partial charge is 0.377 e. The maximum Gasteiger partial charge on any atom is 0.0680 e. The highest BCUT2D eigenvalue weighted by Gasteiger charge is 2.09. The maximum absolute atomic E-state index is 5.34. The van der Waals surface area contributed by atoms with Crippen LogP contribution in [0.3, 0.4) is 0 Å². The van der Waals surface area contributed by atoms with Crippen LogP contribution in [-0.4, -0.2) is 18.9 Å². The highest BCUT2D eigenvalue weighted by atomic mass is 31.1. The summed E-state index contributed by atoms with van der Waals surface area (Å²) in [5, 5.41) is 1.66. The number of rotatable bonds is 2. The Morgan fingerprint density at radius 3 is 2.73 bits per heavy atom. The molecule has 0 saturated heterocycles. The van der Waals surface area contributed by atoms with Crippen LogP contribution in [0.15, 0.2) is 10.9 Å². The number of hydrogen-bond donors (Lipinski definition) is 0. The van der Waals surface area contributed by atoms with Crippen molar-refractivity contribution in [2.45, 2.75) is 32.9 Å². The zero-order chi connectivity index (χ0) is 8.27. The van der Waals surface area contributed by atoms with Crippen molar-refractivity contribution in [3.8, 4) is 0 Å². The van der Waals surface area contributed by atoms with Gasteiger partial charge in [-0.25, -0.2) is 0 Å². The highest BCUT2D eigenvalue weighted by molar-refractivity contribution is 7.43. The van der Waals surface area contributed by atoms with E-state index in [0.717, 1.165) is 27.5 Å². The Kier molecular flexibility index (Phi) is 3.54. The van der Waals surface area contributed by atoms with E-state index in [1.165, 1.54) is 12.0 Å². The third kappa shape index (κ3) is 2.92. The molecule has 0 aromatic carbocycles. The van der Waals surface area contributed by atoms with Crippen LogP contribution in [0.4, 0.5) is 0 Å². The predicted octanol–water partition coefficient (Wildman–Crippen LogP) is 2.77. The minimum Gasteiger partial charge on any atom is -0.377 e. The molecule has 0 bridgehead atoms. The molecule has 0 aromatic rings. The van der Waals surface area contributed by atoms with E-state index in [9.17, 15) is 0 Å². The van der Waals surface area contributed by atoms with Gasteiger partial charge >= 0.3 is 0 Å². The lowest BCUT2D eigenvalue weighted by Gasteiger charge is -2.19. The summed E-state index contributed by atoms with van der Waals surface area (Å²) in [6.07, 6.45) is 1.17. The molecule has 0 spiro atoms. The molecule has 0 aromatic heterocycles. The molecule has 2 heteroatoms. The fraction of sp³-hybridized carbons (Fsp3) is 0.778. The Morgan fingerprint density at radius 2 is 2.18 bits per heavy atom. The molecule has 0 radical (unpaired) electrons. The van der Waals surface area contributed by atoms with E-state index in [4.69, 9.17) is 4.74 Å². The van der Waals surface area contributed by atoms with Crippen LogP contribution in [0.25, 0.3) is 0 Å². The zero-order valence-corrected chi connectivity index (χ0v) is 8.61. The Labute approximate surface area is 71.0 Å². The lowest BCUT2D eigenvalue weighted by atomic mass is 10.2. The molecule has 1 aliphatic heterocycles. The molecule has 11 heavy (non-hydrogen) atoms. The molecule has 0 amide bonds. The molecule has 0 aliphatic carbocycles. The zero-order valence-electron chi connectivity index (χ0n) is 7.61.